The molecule has 10 heteroatoms. The molecule has 0 aliphatic carbocycles. The average Bonchev–Trinajstić information content (AvgIpc) is 3.41. The summed E-state index contributed by atoms with van der Waals surface area (Å²) in [5.74, 6) is -0.0899. The van der Waals surface area contributed by atoms with Crippen LogP contribution >= 0.6 is 11.6 Å². The SMILES string of the molecule is CN1C(=O)Cn2cc(C(=O)NCc3ccc(Cl)cc3)c(=O)c3cc(C[As](C)C[C@@H](O)c4cc5ccccc5o4)cc1c32. The van der Waals surface area contributed by atoms with Crippen LogP contribution in [0.4, 0.5) is 5.69 Å². The fourth-order valence-electron chi connectivity index (χ4n) is 5.40. The molecule has 2 atom stereocenters. The van der Waals surface area contributed by atoms with Gasteiger partial charge in [0.1, 0.15) is 0 Å². The molecule has 8 nitrogen and oxygen atoms in total. The van der Waals surface area contributed by atoms with E-state index in [0.717, 1.165) is 22.1 Å². The number of furan rings is 1. The number of aliphatic hydroxyl groups excluding tert-OH is 1. The van der Waals surface area contributed by atoms with Crippen molar-refractivity contribution in [3.05, 3.63) is 111 Å². The number of carbonyl (C=O) groups is 2. The van der Waals surface area contributed by atoms with Crippen molar-refractivity contribution >= 4 is 65.6 Å². The number of pyridine rings is 1. The summed E-state index contributed by atoms with van der Waals surface area (Å²) in [6, 6.07) is 20.4. The van der Waals surface area contributed by atoms with E-state index in [1.165, 1.54) is 6.20 Å². The topological polar surface area (TPSA) is 105 Å². The van der Waals surface area contributed by atoms with E-state index >= 15 is 0 Å². The number of anilines is 1. The number of hydrogen-bond acceptors (Lipinski definition) is 5. The monoisotopic (exact) mass is 645 g/mol. The number of hydrogen-bond donors (Lipinski definition) is 2. The number of aliphatic hydroxyl groups is 1. The average molecular weight is 646 g/mol. The van der Waals surface area contributed by atoms with Crippen LogP contribution < -0.4 is 15.6 Å². The molecule has 0 bridgehead atoms. The zero-order valence-corrected chi connectivity index (χ0v) is 25.8. The van der Waals surface area contributed by atoms with E-state index in [4.69, 9.17) is 16.0 Å². The summed E-state index contributed by atoms with van der Waals surface area (Å²) < 4.78 is 7.56. The Morgan fingerprint density at radius 2 is 1.86 bits per heavy atom. The Morgan fingerprint density at radius 3 is 2.62 bits per heavy atom. The molecule has 2 N–H and O–H groups in total. The van der Waals surface area contributed by atoms with Crippen molar-refractivity contribution in [3.8, 4) is 0 Å². The van der Waals surface area contributed by atoms with Crippen LogP contribution in [0.5, 0.6) is 0 Å². The summed E-state index contributed by atoms with van der Waals surface area (Å²) in [6.07, 6.45) is 0.760. The van der Waals surface area contributed by atoms with Gasteiger partial charge in [-0.1, -0.05) is 11.6 Å². The van der Waals surface area contributed by atoms with Crippen LogP contribution in [0.25, 0.3) is 21.9 Å². The molecule has 6 rings (SSSR count). The van der Waals surface area contributed by atoms with Crippen molar-refractivity contribution in [2.45, 2.75) is 35.3 Å². The first-order valence-electron chi connectivity index (χ1n) is 13.5. The fraction of sp³-hybridized carbons (Fsp3) is 0.219. The molecule has 0 saturated heterocycles. The van der Waals surface area contributed by atoms with Gasteiger partial charge >= 0.3 is 236 Å². The standard InChI is InChI=1S/C32H29AsClN3O5/c1-33(15-26(38)28-13-21-5-3-4-6-27(21)42-28)14-20-11-23-30-25(12-20)36(2)29(39)18-37(30)17-24(31(23)40)32(41)35-16-19-7-9-22(34)10-8-19/h3-13,17,26,38H,14-16,18H2,1-2H3,(H,35,41)/t26-,33?/m1/s1. The number of amides is 2. The number of carbonyl (C=O) groups excluding carboxylic acids is 2. The first kappa shape index (κ1) is 28.3. The summed E-state index contributed by atoms with van der Waals surface area (Å²) in [5.41, 5.74) is 5.55. The van der Waals surface area contributed by atoms with Crippen molar-refractivity contribution in [3.63, 3.8) is 0 Å². The predicted octanol–water partition coefficient (Wildman–Crippen LogP) is 5.25. The normalized spacial score (nSPS) is 14.4. The van der Waals surface area contributed by atoms with E-state index in [9.17, 15) is 19.5 Å². The van der Waals surface area contributed by atoms with Crippen LogP contribution in [0.2, 0.25) is 15.9 Å². The summed E-state index contributed by atoms with van der Waals surface area (Å²) in [7, 11) is 1.70. The van der Waals surface area contributed by atoms with Gasteiger partial charge in [0.2, 0.25) is 0 Å². The van der Waals surface area contributed by atoms with Crippen molar-refractivity contribution in [1.29, 1.82) is 0 Å². The molecule has 42 heavy (non-hydrogen) atoms. The number of rotatable bonds is 8. The number of halogens is 1. The Labute approximate surface area is 251 Å². The van der Waals surface area contributed by atoms with Gasteiger partial charge in [0.05, 0.1) is 0 Å². The Morgan fingerprint density at radius 1 is 1.10 bits per heavy atom. The molecule has 0 fully saturated rings. The van der Waals surface area contributed by atoms with E-state index in [1.54, 1.807) is 28.6 Å². The Bertz CT molecular complexity index is 1870. The molecule has 1 unspecified atom stereocenters. The molecule has 0 saturated carbocycles. The van der Waals surface area contributed by atoms with Gasteiger partial charge in [-0.2, -0.15) is 0 Å². The molecule has 1 aliphatic rings. The third kappa shape index (κ3) is 5.50. The zero-order chi connectivity index (χ0) is 29.5. The third-order valence-electron chi connectivity index (χ3n) is 7.57. The van der Waals surface area contributed by atoms with Gasteiger partial charge in [-0.25, -0.2) is 0 Å². The first-order chi connectivity index (χ1) is 20.2. The second-order valence-corrected chi connectivity index (χ2v) is 16.1. The molecule has 3 aromatic carbocycles. The van der Waals surface area contributed by atoms with Gasteiger partial charge in [-0.3, -0.25) is 0 Å². The number of benzene rings is 3. The van der Waals surface area contributed by atoms with Crippen LogP contribution in [-0.2, 0) is 23.1 Å². The number of fused-ring (bicyclic) bond motifs is 1. The number of nitrogens with one attached hydrogen (secondary N) is 1. The van der Waals surface area contributed by atoms with Crippen molar-refractivity contribution < 1.29 is 19.1 Å². The number of aromatic nitrogens is 1. The molecule has 1 aliphatic heterocycles. The zero-order valence-electron chi connectivity index (χ0n) is 23.1. The van der Waals surface area contributed by atoms with Gasteiger partial charge in [-0.15, -0.1) is 0 Å². The molecule has 5 aromatic rings. The van der Waals surface area contributed by atoms with Gasteiger partial charge in [-0.05, 0) is 0 Å². The van der Waals surface area contributed by atoms with E-state index in [-0.39, 0.29) is 30.0 Å². The maximum absolute atomic E-state index is 13.7. The summed E-state index contributed by atoms with van der Waals surface area (Å²) in [5, 5.41) is 17.0. The van der Waals surface area contributed by atoms with Crippen LogP contribution in [0.3, 0.4) is 0 Å². The van der Waals surface area contributed by atoms with Crippen LogP contribution in [-0.4, -0.2) is 43.2 Å². The molecule has 3 heterocycles. The van der Waals surface area contributed by atoms with Crippen molar-refractivity contribution in [2.75, 3.05) is 11.9 Å². The Hall–Kier alpha value is -3.84. The van der Waals surface area contributed by atoms with Gasteiger partial charge in [0, 0.05) is 5.02 Å². The summed E-state index contributed by atoms with van der Waals surface area (Å²) in [6.45, 7) is 0.268. The van der Waals surface area contributed by atoms with E-state index in [0.29, 0.717) is 37.8 Å². The number of nitrogens with zero attached hydrogens (tertiary/aromatic N) is 2. The van der Waals surface area contributed by atoms with E-state index in [2.05, 4.69) is 11.0 Å². The minimum atomic E-state index is -1.63. The molecule has 0 radical (unpaired) electrons. The Balaban J connectivity index is 1.28. The Kier molecular flexibility index (Phi) is 7.71. The van der Waals surface area contributed by atoms with Crippen LogP contribution in [0, 0.1) is 0 Å². The third-order valence-corrected chi connectivity index (χ3v) is 11.8. The van der Waals surface area contributed by atoms with Crippen LogP contribution in [0.15, 0.2) is 82.1 Å². The van der Waals surface area contributed by atoms with Crippen LogP contribution in [0.1, 0.15) is 33.3 Å². The van der Waals surface area contributed by atoms with E-state index in [1.807, 2.05) is 54.6 Å². The first-order valence-corrected chi connectivity index (χ1v) is 18.4. The predicted molar refractivity (Wildman–Crippen MR) is 166 cm³/mol. The number of para-hydroxylation sites is 1. The van der Waals surface area contributed by atoms with Gasteiger partial charge < -0.3 is 0 Å². The molecule has 214 valence electrons. The second-order valence-electron chi connectivity index (χ2n) is 10.7. The molecular weight excluding hydrogens is 617 g/mol. The maximum atomic E-state index is 13.7. The minimum absolute atomic E-state index is 0.0110. The summed E-state index contributed by atoms with van der Waals surface area (Å²) in [4.78, 5) is 41.3. The molecule has 0 spiro atoms. The number of likely N-dealkylation sites (N-methyl/N-ethyl adjacent to an activating group) is 1. The quantitative estimate of drug-likeness (QED) is 0.225. The van der Waals surface area contributed by atoms with Crippen molar-refractivity contribution in [2.24, 2.45) is 0 Å². The summed E-state index contributed by atoms with van der Waals surface area (Å²) >= 11 is 4.33. The van der Waals surface area contributed by atoms with Gasteiger partial charge in [0.15, 0.2) is 0 Å². The molecule has 2 amide bonds. The van der Waals surface area contributed by atoms with Gasteiger partial charge in [0.25, 0.3) is 0 Å². The van der Waals surface area contributed by atoms with E-state index < -0.39 is 26.7 Å². The molecular formula is C32H29AsClN3O5. The second kappa shape index (κ2) is 11.4. The van der Waals surface area contributed by atoms with Crippen molar-refractivity contribution in [1.82, 2.24) is 9.88 Å². The fourth-order valence-corrected chi connectivity index (χ4v) is 9.11. The molecule has 2 aromatic heterocycles.